The lowest BCUT2D eigenvalue weighted by molar-refractivity contribution is 0.274. The van der Waals surface area contributed by atoms with Crippen LogP contribution in [0.4, 0.5) is 0 Å². The predicted molar refractivity (Wildman–Crippen MR) is 83.5 cm³/mol. The van der Waals surface area contributed by atoms with Gasteiger partial charge in [0.25, 0.3) is 0 Å². The minimum absolute atomic E-state index is 0.0129. The Morgan fingerprint density at radius 1 is 1.25 bits per heavy atom. The molecule has 0 aliphatic carbocycles. The van der Waals surface area contributed by atoms with Crippen molar-refractivity contribution in [2.75, 3.05) is 19.6 Å². The average Bonchev–Trinajstić information content (AvgIpc) is 2.71. The molecular weight excluding hydrogens is 244 g/mol. The summed E-state index contributed by atoms with van der Waals surface area (Å²) >= 11 is 0. The van der Waals surface area contributed by atoms with E-state index in [4.69, 9.17) is 0 Å². The van der Waals surface area contributed by atoms with Crippen LogP contribution in [0.1, 0.15) is 50.5 Å². The Bertz CT molecular complexity index is 421. The standard InChI is InChI=1S/C18H26N2/c1-2-7-16-8-6-12-20(13-11-16)15-18(14-19)17-9-4-3-5-10-17/h3-5,9-10,16,18H,2,6-8,11-13,15H2,1H3. The Labute approximate surface area is 123 Å². The molecule has 1 aromatic rings. The van der Waals surface area contributed by atoms with E-state index in [-0.39, 0.29) is 5.92 Å². The van der Waals surface area contributed by atoms with Gasteiger partial charge in [-0.3, -0.25) is 0 Å². The first-order valence-corrected chi connectivity index (χ1v) is 8.00. The molecule has 1 aromatic carbocycles. The molecule has 0 N–H and O–H groups in total. The Hall–Kier alpha value is -1.33. The molecule has 1 fully saturated rings. The monoisotopic (exact) mass is 270 g/mol. The van der Waals surface area contributed by atoms with Crippen LogP contribution >= 0.6 is 0 Å². The number of nitrogens with zero attached hydrogens (tertiary/aromatic N) is 2. The molecule has 1 heterocycles. The first-order valence-electron chi connectivity index (χ1n) is 8.00. The molecule has 2 atom stereocenters. The van der Waals surface area contributed by atoms with Gasteiger partial charge in [-0.25, -0.2) is 0 Å². The molecule has 2 heteroatoms. The second kappa shape index (κ2) is 8.07. The lowest BCUT2D eigenvalue weighted by atomic mass is 9.96. The maximum Gasteiger partial charge on any atom is 0.0839 e. The number of nitriles is 1. The van der Waals surface area contributed by atoms with Gasteiger partial charge < -0.3 is 4.90 Å². The van der Waals surface area contributed by atoms with Gasteiger partial charge in [0.05, 0.1) is 12.0 Å². The van der Waals surface area contributed by atoms with Crippen LogP contribution in [0.25, 0.3) is 0 Å². The van der Waals surface area contributed by atoms with Crippen LogP contribution in [0, 0.1) is 17.2 Å². The Morgan fingerprint density at radius 2 is 2.05 bits per heavy atom. The summed E-state index contributed by atoms with van der Waals surface area (Å²) in [5.74, 6) is 0.918. The highest BCUT2D eigenvalue weighted by Gasteiger charge is 2.20. The number of hydrogen-bond donors (Lipinski definition) is 0. The second-order valence-corrected chi connectivity index (χ2v) is 5.98. The van der Waals surface area contributed by atoms with E-state index in [9.17, 15) is 5.26 Å². The van der Waals surface area contributed by atoms with Crippen molar-refractivity contribution in [2.45, 2.75) is 44.9 Å². The molecule has 0 spiro atoms. The maximum absolute atomic E-state index is 9.44. The third-order valence-electron chi connectivity index (χ3n) is 4.44. The van der Waals surface area contributed by atoms with E-state index < -0.39 is 0 Å². The van der Waals surface area contributed by atoms with E-state index in [0.29, 0.717) is 0 Å². The highest BCUT2D eigenvalue weighted by molar-refractivity contribution is 5.25. The van der Waals surface area contributed by atoms with Crippen molar-refractivity contribution < 1.29 is 0 Å². The van der Waals surface area contributed by atoms with Crippen molar-refractivity contribution in [3.8, 4) is 6.07 Å². The summed E-state index contributed by atoms with van der Waals surface area (Å²) in [6, 6.07) is 12.7. The third kappa shape index (κ3) is 4.35. The molecule has 1 aliphatic heterocycles. The molecular formula is C18H26N2. The molecule has 2 rings (SSSR count). The van der Waals surface area contributed by atoms with Crippen LogP contribution in [0.15, 0.2) is 30.3 Å². The fourth-order valence-corrected chi connectivity index (χ4v) is 3.27. The van der Waals surface area contributed by atoms with Crippen LogP contribution in [0.3, 0.4) is 0 Å². The van der Waals surface area contributed by atoms with Crippen molar-refractivity contribution >= 4 is 0 Å². The normalized spacial score (nSPS) is 21.9. The highest BCUT2D eigenvalue weighted by atomic mass is 15.1. The Kier molecular flexibility index (Phi) is 6.08. The van der Waals surface area contributed by atoms with Crippen LogP contribution in [0.2, 0.25) is 0 Å². The van der Waals surface area contributed by atoms with Crippen molar-refractivity contribution in [3.63, 3.8) is 0 Å². The number of likely N-dealkylation sites (tertiary alicyclic amines) is 1. The fourth-order valence-electron chi connectivity index (χ4n) is 3.27. The summed E-state index contributed by atoms with van der Waals surface area (Å²) in [6.07, 6.45) is 6.63. The first kappa shape index (κ1) is 15.1. The van der Waals surface area contributed by atoms with E-state index in [1.165, 1.54) is 32.1 Å². The summed E-state index contributed by atoms with van der Waals surface area (Å²) in [4.78, 5) is 2.50. The van der Waals surface area contributed by atoms with E-state index in [1.807, 2.05) is 18.2 Å². The SMILES string of the molecule is CCCC1CCCN(CC(C#N)c2ccccc2)CC1. The van der Waals surface area contributed by atoms with Crippen molar-refractivity contribution in [1.82, 2.24) is 4.90 Å². The zero-order valence-electron chi connectivity index (χ0n) is 12.6. The number of hydrogen-bond acceptors (Lipinski definition) is 2. The topological polar surface area (TPSA) is 27.0 Å². The van der Waals surface area contributed by atoms with Crippen LogP contribution in [-0.4, -0.2) is 24.5 Å². The lowest BCUT2D eigenvalue weighted by Gasteiger charge is -2.23. The summed E-state index contributed by atoms with van der Waals surface area (Å²) in [7, 11) is 0. The zero-order chi connectivity index (χ0) is 14.2. The van der Waals surface area contributed by atoms with Gasteiger partial charge in [0.1, 0.15) is 0 Å². The fraction of sp³-hybridized carbons (Fsp3) is 0.611. The quantitative estimate of drug-likeness (QED) is 0.802. The smallest absolute Gasteiger partial charge is 0.0839 e. The van der Waals surface area contributed by atoms with Crippen molar-refractivity contribution in [3.05, 3.63) is 35.9 Å². The average molecular weight is 270 g/mol. The molecule has 0 saturated carbocycles. The van der Waals surface area contributed by atoms with E-state index in [0.717, 1.165) is 31.1 Å². The molecule has 0 amide bonds. The number of benzene rings is 1. The van der Waals surface area contributed by atoms with Crippen LogP contribution in [-0.2, 0) is 0 Å². The van der Waals surface area contributed by atoms with Gasteiger partial charge in [0.15, 0.2) is 0 Å². The van der Waals surface area contributed by atoms with Gasteiger partial charge in [0, 0.05) is 6.54 Å². The van der Waals surface area contributed by atoms with Crippen molar-refractivity contribution in [1.29, 1.82) is 5.26 Å². The molecule has 1 aliphatic rings. The summed E-state index contributed by atoms with van der Waals surface area (Å²) in [6.45, 7) is 5.49. The molecule has 1 saturated heterocycles. The summed E-state index contributed by atoms with van der Waals surface area (Å²) in [5, 5.41) is 9.44. The van der Waals surface area contributed by atoms with Gasteiger partial charge in [-0.05, 0) is 43.8 Å². The third-order valence-corrected chi connectivity index (χ3v) is 4.44. The van der Waals surface area contributed by atoms with Crippen LogP contribution < -0.4 is 0 Å². The molecule has 20 heavy (non-hydrogen) atoms. The molecule has 0 aromatic heterocycles. The minimum Gasteiger partial charge on any atom is -0.302 e. The van der Waals surface area contributed by atoms with E-state index in [1.54, 1.807) is 0 Å². The van der Waals surface area contributed by atoms with Crippen molar-refractivity contribution in [2.24, 2.45) is 5.92 Å². The Morgan fingerprint density at radius 3 is 2.75 bits per heavy atom. The van der Waals surface area contributed by atoms with Gasteiger partial charge >= 0.3 is 0 Å². The van der Waals surface area contributed by atoms with Gasteiger partial charge in [-0.2, -0.15) is 5.26 Å². The highest BCUT2D eigenvalue weighted by Crippen LogP contribution is 2.24. The molecule has 2 unspecified atom stereocenters. The molecule has 0 radical (unpaired) electrons. The zero-order valence-corrected chi connectivity index (χ0v) is 12.6. The first-order chi connectivity index (χ1) is 9.83. The number of rotatable bonds is 5. The molecule has 108 valence electrons. The van der Waals surface area contributed by atoms with E-state index >= 15 is 0 Å². The van der Waals surface area contributed by atoms with E-state index in [2.05, 4.69) is 30.0 Å². The maximum atomic E-state index is 9.44. The largest absolute Gasteiger partial charge is 0.302 e. The predicted octanol–water partition coefficient (Wildman–Crippen LogP) is 4.20. The molecule has 2 nitrogen and oxygen atoms in total. The van der Waals surface area contributed by atoms with Gasteiger partial charge in [0.2, 0.25) is 0 Å². The summed E-state index contributed by atoms with van der Waals surface area (Å²) < 4.78 is 0. The lowest BCUT2D eigenvalue weighted by Crippen LogP contribution is -2.29. The molecule has 0 bridgehead atoms. The van der Waals surface area contributed by atoms with Crippen LogP contribution in [0.5, 0.6) is 0 Å². The Balaban J connectivity index is 1.90. The second-order valence-electron chi connectivity index (χ2n) is 5.98. The van der Waals surface area contributed by atoms with Gasteiger partial charge in [-0.1, -0.05) is 50.1 Å². The summed E-state index contributed by atoms with van der Waals surface area (Å²) in [5.41, 5.74) is 1.16. The minimum atomic E-state index is 0.0129. The van der Waals surface area contributed by atoms with Gasteiger partial charge in [-0.15, -0.1) is 0 Å².